The van der Waals surface area contributed by atoms with Gasteiger partial charge in [0, 0.05) is 11.8 Å². The highest BCUT2D eigenvalue weighted by Gasteiger charge is 2.13. The number of rotatable bonds is 5. The number of thioether (sulfide) groups is 1. The van der Waals surface area contributed by atoms with Crippen LogP contribution in [-0.4, -0.2) is 32.7 Å². The molecular weight excluding hydrogens is 366 g/mol. The Morgan fingerprint density at radius 2 is 2.07 bits per heavy atom. The van der Waals surface area contributed by atoms with E-state index >= 15 is 0 Å². The van der Waals surface area contributed by atoms with Gasteiger partial charge in [0.05, 0.1) is 18.9 Å². The summed E-state index contributed by atoms with van der Waals surface area (Å²) in [5.41, 5.74) is 8.17. The van der Waals surface area contributed by atoms with Crippen molar-refractivity contribution < 1.29 is 13.9 Å². The molecule has 0 aliphatic carbocycles. The lowest BCUT2D eigenvalue weighted by Crippen LogP contribution is -2.03. The molecule has 136 valence electrons. The van der Waals surface area contributed by atoms with Gasteiger partial charge in [-0.2, -0.15) is 4.52 Å². The van der Waals surface area contributed by atoms with Gasteiger partial charge in [0.25, 0.3) is 0 Å². The van der Waals surface area contributed by atoms with Crippen molar-refractivity contribution in [3.05, 3.63) is 59.9 Å². The van der Waals surface area contributed by atoms with Crippen LogP contribution >= 0.6 is 11.8 Å². The van der Waals surface area contributed by atoms with Crippen LogP contribution < -0.4 is 5.73 Å². The quantitative estimate of drug-likeness (QED) is 0.319. The first-order valence-corrected chi connectivity index (χ1v) is 9.00. The summed E-state index contributed by atoms with van der Waals surface area (Å²) in [6.45, 7) is 0. The Labute approximate surface area is 158 Å². The third-order valence-electron chi connectivity index (χ3n) is 3.83. The Morgan fingerprint density at radius 3 is 2.78 bits per heavy atom. The van der Waals surface area contributed by atoms with Crippen molar-refractivity contribution in [2.45, 2.75) is 10.8 Å². The van der Waals surface area contributed by atoms with Gasteiger partial charge in [-0.3, -0.25) is 0 Å². The molecule has 9 heteroatoms. The first kappa shape index (κ1) is 17.1. The first-order valence-electron chi connectivity index (χ1n) is 8.01. The molecule has 0 spiro atoms. The van der Waals surface area contributed by atoms with E-state index in [4.69, 9.17) is 14.9 Å². The summed E-state index contributed by atoms with van der Waals surface area (Å²) < 4.78 is 11.5. The van der Waals surface area contributed by atoms with Crippen LogP contribution in [0.2, 0.25) is 0 Å². The standard InChI is InChI=1S/C18H15N5O3S/c1-25-17(24)12-6-4-11(5-7-12)10-27-15-9-14-20-16(13-3-2-8-26-13)22-23(14)18(19)21-15/h2-9H,10H2,1H3,(H2,19,21). The number of fused-ring (bicyclic) bond motifs is 1. The number of nitrogens with zero attached hydrogens (tertiary/aromatic N) is 4. The number of nitrogen functional groups attached to an aromatic ring is 1. The number of carbonyl (C=O) groups is 1. The fourth-order valence-corrected chi connectivity index (χ4v) is 3.34. The van der Waals surface area contributed by atoms with Gasteiger partial charge in [-0.05, 0) is 29.8 Å². The average Bonchev–Trinajstić information content (AvgIpc) is 3.36. The number of methoxy groups -OCH3 is 1. The lowest BCUT2D eigenvalue weighted by atomic mass is 10.1. The van der Waals surface area contributed by atoms with Crippen molar-refractivity contribution in [2.24, 2.45) is 0 Å². The second-order valence-corrected chi connectivity index (χ2v) is 6.61. The summed E-state index contributed by atoms with van der Waals surface area (Å²) >= 11 is 1.52. The zero-order valence-electron chi connectivity index (χ0n) is 14.3. The molecule has 0 saturated heterocycles. The molecule has 4 aromatic rings. The van der Waals surface area contributed by atoms with Crippen LogP contribution in [0.5, 0.6) is 0 Å². The second kappa shape index (κ2) is 7.12. The number of carbonyl (C=O) groups excluding carboxylic acids is 1. The molecule has 1 aromatic carbocycles. The largest absolute Gasteiger partial charge is 0.465 e. The van der Waals surface area contributed by atoms with Crippen LogP contribution in [0.3, 0.4) is 0 Å². The molecule has 0 bridgehead atoms. The molecule has 2 N–H and O–H groups in total. The van der Waals surface area contributed by atoms with E-state index in [0.717, 1.165) is 10.6 Å². The average molecular weight is 381 g/mol. The van der Waals surface area contributed by atoms with Crippen LogP contribution in [0.25, 0.3) is 17.2 Å². The van der Waals surface area contributed by atoms with Gasteiger partial charge in [0.15, 0.2) is 11.4 Å². The van der Waals surface area contributed by atoms with Gasteiger partial charge in [0.2, 0.25) is 11.8 Å². The van der Waals surface area contributed by atoms with Crippen molar-refractivity contribution in [1.29, 1.82) is 0 Å². The minimum absolute atomic E-state index is 0.251. The Hall–Kier alpha value is -3.33. The lowest BCUT2D eigenvalue weighted by molar-refractivity contribution is 0.0600. The van der Waals surface area contributed by atoms with Crippen LogP contribution in [0.15, 0.2) is 58.2 Å². The molecule has 0 unspecified atom stereocenters. The maximum absolute atomic E-state index is 11.5. The molecule has 0 saturated carbocycles. The summed E-state index contributed by atoms with van der Waals surface area (Å²) in [6, 6.07) is 12.6. The first-order chi connectivity index (χ1) is 13.1. The van der Waals surface area contributed by atoms with E-state index in [9.17, 15) is 4.79 Å². The summed E-state index contributed by atoms with van der Waals surface area (Å²) in [6.07, 6.45) is 1.56. The van der Waals surface area contributed by atoms with Crippen molar-refractivity contribution in [3.63, 3.8) is 0 Å². The topological polar surface area (TPSA) is 109 Å². The summed E-state index contributed by atoms with van der Waals surface area (Å²) in [5.74, 6) is 1.59. The van der Waals surface area contributed by atoms with E-state index in [1.54, 1.807) is 30.5 Å². The molecule has 0 atom stereocenters. The zero-order valence-corrected chi connectivity index (χ0v) is 15.1. The number of esters is 1. The van der Waals surface area contributed by atoms with E-state index in [0.29, 0.717) is 28.5 Å². The molecule has 3 aromatic heterocycles. The molecule has 0 radical (unpaired) electrons. The van der Waals surface area contributed by atoms with Crippen molar-refractivity contribution in [1.82, 2.24) is 19.6 Å². The summed E-state index contributed by atoms with van der Waals surface area (Å²) in [7, 11) is 1.36. The Balaban J connectivity index is 1.53. The van der Waals surface area contributed by atoms with Gasteiger partial charge >= 0.3 is 5.97 Å². The van der Waals surface area contributed by atoms with Crippen molar-refractivity contribution in [2.75, 3.05) is 12.8 Å². The molecule has 0 aliphatic rings. The fraction of sp³-hybridized carbons (Fsp3) is 0.111. The molecule has 3 heterocycles. The van der Waals surface area contributed by atoms with E-state index in [2.05, 4.69) is 15.1 Å². The molecule has 0 fully saturated rings. The lowest BCUT2D eigenvalue weighted by Gasteiger charge is -2.04. The summed E-state index contributed by atoms with van der Waals surface area (Å²) in [4.78, 5) is 20.3. The van der Waals surface area contributed by atoms with Gasteiger partial charge in [0.1, 0.15) is 5.03 Å². The Morgan fingerprint density at radius 1 is 1.26 bits per heavy atom. The second-order valence-electron chi connectivity index (χ2n) is 5.61. The third-order valence-corrected chi connectivity index (χ3v) is 4.81. The van der Waals surface area contributed by atoms with Crippen LogP contribution in [0.1, 0.15) is 15.9 Å². The van der Waals surface area contributed by atoms with E-state index < -0.39 is 0 Å². The number of nitrogens with two attached hydrogens (primary N) is 1. The number of furan rings is 1. The Bertz CT molecular complexity index is 1090. The van der Waals surface area contributed by atoms with E-state index in [1.807, 2.05) is 18.2 Å². The maximum atomic E-state index is 11.5. The number of ether oxygens (including phenoxy) is 1. The predicted octanol–water partition coefficient (Wildman–Crippen LogP) is 3.05. The highest BCUT2D eigenvalue weighted by Crippen LogP contribution is 2.25. The number of hydrogen-bond donors (Lipinski definition) is 1. The minimum Gasteiger partial charge on any atom is -0.465 e. The normalized spacial score (nSPS) is 11.0. The van der Waals surface area contributed by atoms with Crippen molar-refractivity contribution >= 4 is 29.3 Å². The maximum Gasteiger partial charge on any atom is 0.337 e. The number of benzene rings is 1. The third kappa shape index (κ3) is 3.49. The smallest absolute Gasteiger partial charge is 0.337 e. The molecule has 0 aliphatic heterocycles. The monoisotopic (exact) mass is 381 g/mol. The number of anilines is 1. The predicted molar refractivity (Wildman–Crippen MR) is 100 cm³/mol. The SMILES string of the molecule is COC(=O)c1ccc(CSc2cc3nc(-c4ccco4)nn3c(N)n2)cc1. The van der Waals surface area contributed by atoms with Gasteiger partial charge in [-0.15, -0.1) is 16.9 Å². The molecular formula is C18H15N5O3S. The number of hydrogen-bond acceptors (Lipinski definition) is 8. The van der Waals surface area contributed by atoms with Crippen LogP contribution in [-0.2, 0) is 10.5 Å². The molecule has 0 amide bonds. The van der Waals surface area contributed by atoms with Crippen molar-refractivity contribution in [3.8, 4) is 11.6 Å². The minimum atomic E-state index is -0.353. The summed E-state index contributed by atoms with van der Waals surface area (Å²) in [5, 5.41) is 5.05. The van der Waals surface area contributed by atoms with Gasteiger partial charge in [-0.1, -0.05) is 12.1 Å². The Kier molecular flexibility index (Phi) is 4.51. The highest BCUT2D eigenvalue weighted by atomic mass is 32.2. The van der Waals surface area contributed by atoms with Crippen LogP contribution in [0, 0.1) is 0 Å². The zero-order chi connectivity index (χ0) is 18.8. The highest BCUT2D eigenvalue weighted by molar-refractivity contribution is 7.98. The fourth-order valence-electron chi connectivity index (χ4n) is 2.49. The van der Waals surface area contributed by atoms with E-state index in [-0.39, 0.29) is 11.9 Å². The van der Waals surface area contributed by atoms with Gasteiger partial charge in [-0.25, -0.2) is 14.8 Å². The molecule has 4 rings (SSSR count). The van der Waals surface area contributed by atoms with Crippen LogP contribution in [0.4, 0.5) is 5.95 Å². The molecule has 27 heavy (non-hydrogen) atoms. The van der Waals surface area contributed by atoms with Gasteiger partial charge < -0.3 is 14.9 Å². The number of aromatic nitrogens is 4. The molecule has 8 nitrogen and oxygen atoms in total. The van der Waals surface area contributed by atoms with E-state index in [1.165, 1.54) is 23.4 Å².